The number of aromatic amines is 1. The molecule has 4 aromatic heterocycles. The highest BCUT2D eigenvalue weighted by atomic mass is 32.2. The first-order valence-electron chi connectivity index (χ1n) is 10.9. The first kappa shape index (κ1) is 20.4. The molecule has 0 bridgehead atoms. The molecule has 1 aliphatic carbocycles. The Bertz CT molecular complexity index is 1540. The van der Waals surface area contributed by atoms with Crippen LogP contribution in [0, 0.1) is 0 Å². The van der Waals surface area contributed by atoms with Crippen LogP contribution >= 0.6 is 23.1 Å². The largest absolute Gasteiger partial charge is 0.383 e. The standard InChI is InChI=1S/C23H21N7OS2/c24-19-18-14-9-5-2-6-10-16(14)33-22(18)27-17(26-19)12-32-23-28-20-15(21(31)29-23)11-25-30(20)13-7-3-1-4-8-13/h1,3-4,7-8,11H,2,5-6,9-10,12H2,(H2,24,26,27)(H,28,29,31). The molecule has 1 aliphatic rings. The molecule has 0 atom stereocenters. The van der Waals surface area contributed by atoms with Gasteiger partial charge in [0.2, 0.25) is 0 Å². The summed E-state index contributed by atoms with van der Waals surface area (Å²) >= 11 is 3.12. The Labute approximate surface area is 197 Å². The number of thiophene rings is 1. The number of aryl methyl sites for hydroxylation is 2. The number of hydrogen-bond donors (Lipinski definition) is 2. The monoisotopic (exact) mass is 475 g/mol. The van der Waals surface area contributed by atoms with Gasteiger partial charge in [-0.25, -0.2) is 19.6 Å². The molecule has 4 heterocycles. The Morgan fingerprint density at radius 1 is 1.09 bits per heavy atom. The predicted molar refractivity (Wildman–Crippen MR) is 132 cm³/mol. The molecule has 5 aromatic rings. The minimum atomic E-state index is -0.220. The minimum Gasteiger partial charge on any atom is -0.383 e. The second-order valence-electron chi connectivity index (χ2n) is 8.06. The summed E-state index contributed by atoms with van der Waals surface area (Å²) < 4.78 is 1.67. The lowest BCUT2D eigenvalue weighted by Gasteiger charge is -2.06. The summed E-state index contributed by atoms with van der Waals surface area (Å²) in [6, 6.07) is 9.64. The van der Waals surface area contributed by atoms with E-state index in [4.69, 9.17) is 10.7 Å². The summed E-state index contributed by atoms with van der Waals surface area (Å²) in [7, 11) is 0. The second kappa shape index (κ2) is 8.27. The van der Waals surface area contributed by atoms with Crippen molar-refractivity contribution in [1.82, 2.24) is 29.7 Å². The van der Waals surface area contributed by atoms with Crippen molar-refractivity contribution in [3.05, 3.63) is 63.1 Å². The van der Waals surface area contributed by atoms with Crippen LogP contribution in [0.1, 0.15) is 35.5 Å². The van der Waals surface area contributed by atoms with Gasteiger partial charge in [-0.3, -0.25) is 4.79 Å². The van der Waals surface area contributed by atoms with Crippen LogP contribution in [0.15, 0.2) is 46.5 Å². The molecule has 0 saturated carbocycles. The molecule has 0 radical (unpaired) electrons. The Hall–Kier alpha value is -3.24. The molecule has 0 saturated heterocycles. The minimum absolute atomic E-state index is 0.220. The lowest BCUT2D eigenvalue weighted by molar-refractivity contribution is 0.713. The zero-order valence-electron chi connectivity index (χ0n) is 17.7. The van der Waals surface area contributed by atoms with Gasteiger partial charge in [-0.1, -0.05) is 36.4 Å². The van der Waals surface area contributed by atoms with Gasteiger partial charge in [0.15, 0.2) is 10.8 Å². The van der Waals surface area contributed by atoms with Gasteiger partial charge < -0.3 is 10.7 Å². The van der Waals surface area contributed by atoms with Crippen molar-refractivity contribution in [3.8, 4) is 5.69 Å². The quantitative estimate of drug-likeness (QED) is 0.227. The summed E-state index contributed by atoms with van der Waals surface area (Å²) in [5.41, 5.74) is 8.86. The van der Waals surface area contributed by atoms with Crippen molar-refractivity contribution in [2.75, 3.05) is 5.73 Å². The lowest BCUT2D eigenvalue weighted by Crippen LogP contribution is -2.10. The third-order valence-corrected chi connectivity index (χ3v) is 7.95. The molecular formula is C23H21N7OS2. The van der Waals surface area contributed by atoms with Crippen LogP contribution in [0.5, 0.6) is 0 Å². The van der Waals surface area contributed by atoms with Crippen molar-refractivity contribution in [3.63, 3.8) is 0 Å². The van der Waals surface area contributed by atoms with E-state index in [1.54, 1.807) is 22.2 Å². The van der Waals surface area contributed by atoms with E-state index in [1.807, 2.05) is 30.3 Å². The maximum absolute atomic E-state index is 12.6. The predicted octanol–water partition coefficient (Wildman–Crippen LogP) is 4.26. The first-order valence-corrected chi connectivity index (χ1v) is 12.7. The highest BCUT2D eigenvalue weighted by Crippen LogP contribution is 2.37. The molecule has 6 rings (SSSR count). The van der Waals surface area contributed by atoms with Gasteiger partial charge >= 0.3 is 0 Å². The van der Waals surface area contributed by atoms with Gasteiger partial charge in [0.1, 0.15) is 21.9 Å². The van der Waals surface area contributed by atoms with Crippen molar-refractivity contribution in [2.24, 2.45) is 0 Å². The molecule has 33 heavy (non-hydrogen) atoms. The number of nitrogen functional groups attached to an aromatic ring is 1. The van der Waals surface area contributed by atoms with E-state index in [2.05, 4.69) is 20.1 Å². The maximum Gasteiger partial charge on any atom is 0.262 e. The van der Waals surface area contributed by atoms with Crippen LogP contribution < -0.4 is 11.3 Å². The van der Waals surface area contributed by atoms with E-state index in [0.717, 1.165) is 28.7 Å². The van der Waals surface area contributed by atoms with E-state index < -0.39 is 0 Å². The summed E-state index contributed by atoms with van der Waals surface area (Å²) in [5.74, 6) is 1.64. The molecule has 0 unspecified atom stereocenters. The molecule has 10 heteroatoms. The molecule has 0 aliphatic heterocycles. The number of benzene rings is 1. The van der Waals surface area contributed by atoms with Gasteiger partial charge in [0.25, 0.3) is 5.56 Å². The molecule has 0 spiro atoms. The van der Waals surface area contributed by atoms with E-state index >= 15 is 0 Å². The van der Waals surface area contributed by atoms with Crippen LogP contribution in [0.2, 0.25) is 0 Å². The van der Waals surface area contributed by atoms with Crippen molar-refractivity contribution >= 4 is 50.2 Å². The number of thioether (sulfide) groups is 1. The zero-order chi connectivity index (χ0) is 22.4. The molecule has 3 N–H and O–H groups in total. The van der Waals surface area contributed by atoms with Crippen LogP contribution in [0.3, 0.4) is 0 Å². The number of fused-ring (bicyclic) bond motifs is 4. The average Bonchev–Trinajstić information content (AvgIpc) is 3.33. The smallest absolute Gasteiger partial charge is 0.262 e. The number of nitrogens with zero attached hydrogens (tertiary/aromatic N) is 5. The summed E-state index contributed by atoms with van der Waals surface area (Å²) in [6.07, 6.45) is 7.36. The van der Waals surface area contributed by atoms with Gasteiger partial charge in [0, 0.05) is 4.88 Å². The summed E-state index contributed by atoms with van der Waals surface area (Å²) in [5, 5.41) is 6.33. The van der Waals surface area contributed by atoms with Crippen LogP contribution in [0.25, 0.3) is 26.9 Å². The van der Waals surface area contributed by atoms with E-state index in [-0.39, 0.29) is 5.56 Å². The van der Waals surface area contributed by atoms with Crippen molar-refractivity contribution < 1.29 is 0 Å². The number of nitrogens with two attached hydrogens (primary N) is 1. The third kappa shape index (κ3) is 3.68. The highest BCUT2D eigenvalue weighted by Gasteiger charge is 2.19. The Kier molecular flexibility index (Phi) is 5.11. The van der Waals surface area contributed by atoms with Gasteiger partial charge in [0.05, 0.1) is 23.0 Å². The zero-order valence-corrected chi connectivity index (χ0v) is 19.4. The number of H-pyrrole nitrogens is 1. The number of rotatable bonds is 4. The number of aromatic nitrogens is 6. The number of hydrogen-bond acceptors (Lipinski definition) is 8. The highest BCUT2D eigenvalue weighted by molar-refractivity contribution is 7.98. The van der Waals surface area contributed by atoms with Crippen LogP contribution in [0.4, 0.5) is 5.82 Å². The fourth-order valence-corrected chi connectivity index (χ4v) is 6.33. The lowest BCUT2D eigenvalue weighted by atomic mass is 10.1. The maximum atomic E-state index is 12.6. The molecule has 1 aromatic carbocycles. The van der Waals surface area contributed by atoms with Gasteiger partial charge in [-0.15, -0.1) is 11.3 Å². The summed E-state index contributed by atoms with van der Waals surface area (Å²) in [4.78, 5) is 31.9. The van der Waals surface area contributed by atoms with E-state index in [9.17, 15) is 4.79 Å². The normalized spacial score (nSPS) is 13.9. The first-order chi connectivity index (χ1) is 16.2. The van der Waals surface area contributed by atoms with Gasteiger partial charge in [-0.05, 0) is 43.4 Å². The van der Waals surface area contributed by atoms with Crippen LogP contribution in [-0.2, 0) is 18.6 Å². The number of anilines is 1. The Morgan fingerprint density at radius 2 is 1.94 bits per heavy atom. The van der Waals surface area contributed by atoms with Crippen LogP contribution in [-0.4, -0.2) is 29.7 Å². The fourth-order valence-electron chi connectivity index (χ4n) is 4.33. The second-order valence-corrected chi connectivity index (χ2v) is 10.1. The van der Waals surface area contributed by atoms with E-state index in [0.29, 0.717) is 33.6 Å². The fraction of sp³-hybridized carbons (Fsp3) is 0.261. The topological polar surface area (TPSA) is 115 Å². The number of nitrogens with one attached hydrogen (secondary N) is 1. The Morgan fingerprint density at radius 3 is 2.82 bits per heavy atom. The van der Waals surface area contributed by atoms with Crippen molar-refractivity contribution in [1.29, 1.82) is 0 Å². The molecule has 0 amide bonds. The third-order valence-electron chi connectivity index (χ3n) is 5.89. The van der Waals surface area contributed by atoms with E-state index in [1.165, 1.54) is 41.5 Å². The van der Waals surface area contributed by atoms with Gasteiger partial charge in [-0.2, -0.15) is 5.10 Å². The Balaban J connectivity index is 1.32. The molecule has 8 nitrogen and oxygen atoms in total. The SMILES string of the molecule is Nc1nc(CSc2nc3c(cnn3-c3ccccc3)c(=O)[nH]2)nc2sc3c(c12)CCCCC3. The average molecular weight is 476 g/mol. The van der Waals surface area contributed by atoms with Crippen molar-refractivity contribution in [2.45, 2.75) is 43.0 Å². The molecule has 166 valence electrons. The molecule has 0 fully saturated rings. The summed E-state index contributed by atoms with van der Waals surface area (Å²) in [6.45, 7) is 0. The molecular weight excluding hydrogens is 454 g/mol. The number of para-hydroxylation sites is 1.